The fourth-order valence-corrected chi connectivity index (χ4v) is 2.10. The number of nitrogens with one attached hydrogen (secondary N) is 1. The molecule has 1 atom stereocenters. The summed E-state index contributed by atoms with van der Waals surface area (Å²) >= 11 is 6.06. The smallest absolute Gasteiger partial charge is 0.126 e. The molecule has 1 aromatic carbocycles. The number of hydrogen-bond donors (Lipinski definition) is 2. The van der Waals surface area contributed by atoms with Gasteiger partial charge in [0.25, 0.3) is 0 Å². The van der Waals surface area contributed by atoms with Crippen molar-refractivity contribution >= 4 is 11.6 Å². The molecule has 0 aliphatic carbocycles. The molecule has 0 heterocycles. The van der Waals surface area contributed by atoms with Crippen LogP contribution in [0.2, 0.25) is 5.02 Å². The molecule has 0 amide bonds. The molecule has 2 N–H and O–H groups in total. The van der Waals surface area contributed by atoms with Crippen molar-refractivity contribution in [2.75, 3.05) is 7.05 Å². The zero-order valence-electron chi connectivity index (χ0n) is 9.94. The van der Waals surface area contributed by atoms with E-state index in [1.807, 2.05) is 0 Å². The standard InChI is InChI=1S/C12H17ClFNO/c1-7-5-9(13)8(6-10(7)14)11(15-4)12(2,3)16/h5-6,11,15-16H,1-4H3. The van der Waals surface area contributed by atoms with Gasteiger partial charge in [-0.05, 0) is 51.1 Å². The van der Waals surface area contributed by atoms with Crippen molar-refractivity contribution in [1.82, 2.24) is 5.32 Å². The molecule has 0 aromatic heterocycles. The van der Waals surface area contributed by atoms with Crippen LogP contribution in [0, 0.1) is 12.7 Å². The Morgan fingerprint density at radius 2 is 2.00 bits per heavy atom. The monoisotopic (exact) mass is 245 g/mol. The van der Waals surface area contributed by atoms with Crippen molar-refractivity contribution in [1.29, 1.82) is 0 Å². The zero-order chi connectivity index (χ0) is 12.5. The molecule has 0 saturated heterocycles. The number of rotatable bonds is 3. The first-order valence-corrected chi connectivity index (χ1v) is 5.50. The van der Waals surface area contributed by atoms with E-state index in [1.165, 1.54) is 6.07 Å². The van der Waals surface area contributed by atoms with Gasteiger partial charge in [-0.2, -0.15) is 0 Å². The third-order valence-corrected chi connectivity index (χ3v) is 2.91. The molecule has 0 radical (unpaired) electrons. The van der Waals surface area contributed by atoms with Crippen LogP contribution in [0.5, 0.6) is 0 Å². The maximum Gasteiger partial charge on any atom is 0.126 e. The van der Waals surface area contributed by atoms with Crippen molar-refractivity contribution < 1.29 is 9.50 Å². The van der Waals surface area contributed by atoms with Gasteiger partial charge in [0, 0.05) is 5.02 Å². The summed E-state index contributed by atoms with van der Waals surface area (Å²) in [6, 6.07) is 2.54. The summed E-state index contributed by atoms with van der Waals surface area (Å²) in [5, 5.41) is 13.4. The summed E-state index contributed by atoms with van der Waals surface area (Å²) < 4.78 is 13.5. The second-order valence-corrected chi connectivity index (χ2v) is 4.91. The van der Waals surface area contributed by atoms with Crippen LogP contribution in [0.3, 0.4) is 0 Å². The van der Waals surface area contributed by atoms with Crippen LogP contribution in [0.1, 0.15) is 31.0 Å². The molecule has 0 bridgehead atoms. The van der Waals surface area contributed by atoms with Gasteiger partial charge in [-0.3, -0.25) is 0 Å². The van der Waals surface area contributed by atoms with Gasteiger partial charge in [0.2, 0.25) is 0 Å². The van der Waals surface area contributed by atoms with Crippen LogP contribution < -0.4 is 5.32 Å². The van der Waals surface area contributed by atoms with E-state index in [-0.39, 0.29) is 5.82 Å². The fraction of sp³-hybridized carbons (Fsp3) is 0.500. The van der Waals surface area contributed by atoms with Crippen molar-refractivity contribution in [3.05, 3.63) is 34.1 Å². The minimum atomic E-state index is -1.01. The van der Waals surface area contributed by atoms with Gasteiger partial charge >= 0.3 is 0 Å². The van der Waals surface area contributed by atoms with Crippen LogP contribution in [-0.4, -0.2) is 17.8 Å². The molecular formula is C12H17ClFNO. The minimum Gasteiger partial charge on any atom is -0.388 e. The van der Waals surface area contributed by atoms with Crippen LogP contribution in [-0.2, 0) is 0 Å². The number of halogens is 2. The van der Waals surface area contributed by atoms with E-state index in [0.29, 0.717) is 16.1 Å². The van der Waals surface area contributed by atoms with E-state index in [0.717, 1.165) is 0 Å². The van der Waals surface area contributed by atoms with Gasteiger partial charge in [-0.25, -0.2) is 4.39 Å². The largest absolute Gasteiger partial charge is 0.388 e. The van der Waals surface area contributed by atoms with Crippen LogP contribution in [0.4, 0.5) is 4.39 Å². The lowest BCUT2D eigenvalue weighted by molar-refractivity contribution is 0.0400. The van der Waals surface area contributed by atoms with Crippen molar-refractivity contribution in [2.24, 2.45) is 0 Å². The third-order valence-electron chi connectivity index (χ3n) is 2.58. The Morgan fingerprint density at radius 1 is 1.44 bits per heavy atom. The van der Waals surface area contributed by atoms with Crippen molar-refractivity contribution in [3.8, 4) is 0 Å². The first-order chi connectivity index (χ1) is 7.27. The minimum absolute atomic E-state index is 0.316. The predicted octanol–water partition coefficient (Wildman–Crippen LogP) is 2.82. The molecule has 0 saturated carbocycles. The number of likely N-dealkylation sites (N-methyl/N-ethyl adjacent to an activating group) is 1. The first-order valence-electron chi connectivity index (χ1n) is 5.12. The molecule has 4 heteroatoms. The maximum atomic E-state index is 13.5. The van der Waals surface area contributed by atoms with E-state index in [1.54, 1.807) is 33.9 Å². The van der Waals surface area contributed by atoms with Gasteiger partial charge in [0.05, 0.1) is 11.6 Å². The zero-order valence-corrected chi connectivity index (χ0v) is 10.7. The van der Waals surface area contributed by atoms with Crippen LogP contribution in [0.15, 0.2) is 12.1 Å². The molecule has 1 unspecified atom stereocenters. The van der Waals surface area contributed by atoms with Gasteiger partial charge in [0.1, 0.15) is 5.82 Å². The molecule has 90 valence electrons. The molecular weight excluding hydrogens is 229 g/mol. The van der Waals surface area contributed by atoms with Crippen LogP contribution in [0.25, 0.3) is 0 Å². The molecule has 0 aliphatic heterocycles. The Labute approximate surface area is 100 Å². The highest BCUT2D eigenvalue weighted by molar-refractivity contribution is 6.31. The number of aliphatic hydroxyl groups is 1. The van der Waals surface area contributed by atoms with E-state index >= 15 is 0 Å². The molecule has 0 spiro atoms. The van der Waals surface area contributed by atoms with Gasteiger partial charge < -0.3 is 10.4 Å². The topological polar surface area (TPSA) is 32.3 Å². The maximum absolute atomic E-state index is 13.5. The lowest BCUT2D eigenvalue weighted by Gasteiger charge is -2.30. The van der Waals surface area contributed by atoms with Crippen LogP contribution >= 0.6 is 11.6 Å². The highest BCUT2D eigenvalue weighted by Gasteiger charge is 2.29. The van der Waals surface area contributed by atoms with E-state index < -0.39 is 11.6 Å². The highest BCUT2D eigenvalue weighted by Crippen LogP contribution is 2.32. The van der Waals surface area contributed by atoms with E-state index in [9.17, 15) is 9.50 Å². The second-order valence-electron chi connectivity index (χ2n) is 4.50. The summed E-state index contributed by atoms with van der Waals surface area (Å²) in [6.07, 6.45) is 0. The molecule has 1 aromatic rings. The van der Waals surface area contributed by atoms with Gasteiger partial charge in [-0.1, -0.05) is 11.6 Å². The third kappa shape index (κ3) is 2.73. The van der Waals surface area contributed by atoms with Gasteiger partial charge in [0.15, 0.2) is 0 Å². The summed E-state index contributed by atoms with van der Waals surface area (Å²) in [5.74, 6) is -0.316. The summed E-state index contributed by atoms with van der Waals surface area (Å²) in [6.45, 7) is 4.97. The Kier molecular flexibility index (Phi) is 3.94. The Bertz CT molecular complexity index is 387. The molecule has 2 nitrogen and oxygen atoms in total. The Hall–Kier alpha value is -0.640. The second kappa shape index (κ2) is 4.70. The fourth-order valence-electron chi connectivity index (χ4n) is 1.77. The quantitative estimate of drug-likeness (QED) is 0.858. The summed E-state index contributed by atoms with van der Waals surface area (Å²) in [7, 11) is 1.71. The molecule has 0 aliphatic rings. The number of aryl methyl sites for hydroxylation is 1. The average Bonchev–Trinajstić information content (AvgIpc) is 2.12. The lowest BCUT2D eigenvalue weighted by atomic mass is 9.91. The Balaban J connectivity index is 3.26. The van der Waals surface area contributed by atoms with Crippen molar-refractivity contribution in [3.63, 3.8) is 0 Å². The Morgan fingerprint density at radius 3 is 2.44 bits per heavy atom. The average molecular weight is 246 g/mol. The summed E-state index contributed by atoms with van der Waals surface area (Å²) in [5.41, 5.74) is 0.0548. The predicted molar refractivity (Wildman–Crippen MR) is 64.2 cm³/mol. The summed E-state index contributed by atoms with van der Waals surface area (Å²) in [4.78, 5) is 0. The van der Waals surface area contributed by atoms with E-state index in [2.05, 4.69) is 5.32 Å². The molecule has 16 heavy (non-hydrogen) atoms. The highest BCUT2D eigenvalue weighted by atomic mass is 35.5. The lowest BCUT2D eigenvalue weighted by Crippen LogP contribution is -2.37. The SMILES string of the molecule is CNC(c1cc(F)c(C)cc1Cl)C(C)(C)O. The molecule has 0 fully saturated rings. The molecule has 1 rings (SSSR count). The van der Waals surface area contributed by atoms with Crippen molar-refractivity contribution in [2.45, 2.75) is 32.4 Å². The number of benzene rings is 1. The first kappa shape index (κ1) is 13.4. The van der Waals surface area contributed by atoms with E-state index in [4.69, 9.17) is 11.6 Å². The number of hydrogen-bond acceptors (Lipinski definition) is 2. The van der Waals surface area contributed by atoms with Gasteiger partial charge in [-0.15, -0.1) is 0 Å². The normalized spacial score (nSPS) is 13.9.